The maximum absolute atomic E-state index is 12.1. The Bertz CT molecular complexity index is 585. The zero-order valence-electron chi connectivity index (χ0n) is 12.9. The fourth-order valence-electron chi connectivity index (χ4n) is 1.97. The number of ether oxygens (including phenoxy) is 1. The smallest absolute Gasteiger partial charge is 0.408 e. The lowest BCUT2D eigenvalue weighted by molar-refractivity contribution is -0.138. The van der Waals surface area contributed by atoms with E-state index in [2.05, 4.69) is 27.9 Å². The lowest BCUT2D eigenvalue weighted by atomic mass is 9.88. The first-order valence-electron chi connectivity index (χ1n) is 6.62. The number of amides is 1. The Morgan fingerprint density at radius 3 is 2.41 bits per heavy atom. The fourth-order valence-corrected chi connectivity index (χ4v) is 2.80. The van der Waals surface area contributed by atoms with Crippen LogP contribution in [-0.2, 0) is 15.1 Å². The second-order valence-corrected chi connectivity index (χ2v) is 7.67. The van der Waals surface area contributed by atoms with Gasteiger partial charge in [-0.2, -0.15) is 0 Å². The Hall–Kier alpha value is -1.02. The Morgan fingerprint density at radius 2 is 1.91 bits per heavy atom. The van der Waals surface area contributed by atoms with Gasteiger partial charge in [0.25, 0.3) is 0 Å². The minimum atomic E-state index is -1.17. The number of hydrogen-bond acceptors (Lipinski definition) is 3. The molecule has 22 heavy (non-hydrogen) atoms. The molecule has 7 heteroatoms. The van der Waals surface area contributed by atoms with Crippen molar-refractivity contribution in [3.05, 3.63) is 32.4 Å². The zero-order chi connectivity index (χ0) is 17.1. The van der Waals surface area contributed by atoms with E-state index in [4.69, 9.17) is 16.3 Å². The Morgan fingerprint density at radius 1 is 1.32 bits per heavy atom. The van der Waals surface area contributed by atoms with Crippen LogP contribution in [0.1, 0.15) is 39.7 Å². The van der Waals surface area contributed by atoms with E-state index in [1.807, 2.05) is 0 Å². The van der Waals surface area contributed by atoms with Crippen molar-refractivity contribution < 1.29 is 19.4 Å². The van der Waals surface area contributed by atoms with E-state index in [0.29, 0.717) is 10.6 Å². The van der Waals surface area contributed by atoms with Crippen LogP contribution in [0.15, 0.2) is 18.2 Å². The largest absolute Gasteiger partial charge is 0.481 e. The molecule has 0 radical (unpaired) electrons. The summed E-state index contributed by atoms with van der Waals surface area (Å²) in [4.78, 5) is 23.3. The molecule has 2 N–H and O–H groups in total. The number of carboxylic acid groups (broad SMARTS) is 1. The maximum Gasteiger partial charge on any atom is 0.408 e. The molecule has 1 amide bonds. The molecule has 1 aromatic carbocycles. The molecule has 0 aromatic heterocycles. The van der Waals surface area contributed by atoms with Crippen LogP contribution in [0.3, 0.4) is 0 Å². The minimum absolute atomic E-state index is 0.313. The molecule has 0 bridgehead atoms. The highest BCUT2D eigenvalue weighted by Crippen LogP contribution is 2.34. The second-order valence-electron chi connectivity index (χ2n) is 6.13. The summed E-state index contributed by atoms with van der Waals surface area (Å²) >= 11 is 8.34. The van der Waals surface area contributed by atoms with Gasteiger partial charge in [-0.1, -0.05) is 23.7 Å². The van der Waals surface area contributed by atoms with Crippen LogP contribution >= 0.6 is 34.2 Å². The first kappa shape index (κ1) is 19.0. The quantitative estimate of drug-likeness (QED) is 0.691. The third-order valence-electron chi connectivity index (χ3n) is 2.83. The van der Waals surface area contributed by atoms with Gasteiger partial charge in [-0.15, -0.1) is 0 Å². The molecule has 0 aliphatic rings. The average molecular weight is 440 g/mol. The highest BCUT2D eigenvalue weighted by Gasteiger charge is 2.35. The van der Waals surface area contributed by atoms with Crippen LogP contribution in [-0.4, -0.2) is 22.8 Å². The summed E-state index contributed by atoms with van der Waals surface area (Å²) in [6, 6.07) is 5.27. The van der Waals surface area contributed by atoms with Gasteiger partial charge in [0.15, 0.2) is 0 Å². The van der Waals surface area contributed by atoms with Crippen LogP contribution in [0.25, 0.3) is 0 Å². The van der Waals surface area contributed by atoms with E-state index in [1.54, 1.807) is 45.9 Å². The van der Waals surface area contributed by atoms with Gasteiger partial charge < -0.3 is 15.2 Å². The van der Waals surface area contributed by atoms with E-state index < -0.39 is 23.2 Å². The summed E-state index contributed by atoms with van der Waals surface area (Å²) in [5.74, 6) is -1.05. The van der Waals surface area contributed by atoms with Crippen molar-refractivity contribution in [2.24, 2.45) is 0 Å². The average Bonchev–Trinajstić information content (AvgIpc) is 2.28. The Labute approximate surface area is 148 Å². The monoisotopic (exact) mass is 439 g/mol. The molecule has 0 saturated carbocycles. The molecule has 1 rings (SSSR count). The number of aliphatic carboxylic acids is 1. The van der Waals surface area contributed by atoms with Crippen molar-refractivity contribution in [2.75, 3.05) is 0 Å². The van der Waals surface area contributed by atoms with Crippen molar-refractivity contribution in [1.29, 1.82) is 0 Å². The predicted octanol–water partition coefficient (Wildman–Crippen LogP) is 4.16. The van der Waals surface area contributed by atoms with Crippen LogP contribution in [0.5, 0.6) is 0 Å². The summed E-state index contributed by atoms with van der Waals surface area (Å²) in [6.45, 7) is 6.82. The first-order chi connectivity index (χ1) is 9.94. The van der Waals surface area contributed by atoms with Crippen molar-refractivity contribution in [2.45, 2.75) is 45.3 Å². The molecule has 1 aromatic rings. The number of carboxylic acids is 1. The van der Waals surface area contributed by atoms with Crippen LogP contribution < -0.4 is 5.32 Å². The van der Waals surface area contributed by atoms with E-state index in [0.717, 1.165) is 3.57 Å². The van der Waals surface area contributed by atoms with Gasteiger partial charge in [0, 0.05) is 3.57 Å². The van der Waals surface area contributed by atoms with Crippen LogP contribution in [0.4, 0.5) is 4.79 Å². The summed E-state index contributed by atoms with van der Waals surface area (Å²) in [5, 5.41) is 12.2. The zero-order valence-corrected chi connectivity index (χ0v) is 15.8. The number of rotatable bonds is 4. The molecule has 0 fully saturated rings. The Kier molecular flexibility index (Phi) is 6.09. The maximum atomic E-state index is 12.1. The van der Waals surface area contributed by atoms with Crippen molar-refractivity contribution in [3.8, 4) is 0 Å². The van der Waals surface area contributed by atoms with Gasteiger partial charge >= 0.3 is 12.1 Å². The highest BCUT2D eigenvalue weighted by atomic mass is 127. The number of carbonyl (C=O) groups is 2. The highest BCUT2D eigenvalue weighted by molar-refractivity contribution is 14.1. The SMILES string of the molecule is CC(C)(C)OC(=O)N[C@@](C)(CC(=O)O)c1cccc(I)c1Cl. The van der Waals surface area contributed by atoms with Gasteiger partial charge in [0.2, 0.25) is 0 Å². The van der Waals surface area contributed by atoms with Gasteiger partial charge in [0.1, 0.15) is 5.60 Å². The van der Waals surface area contributed by atoms with Gasteiger partial charge in [-0.3, -0.25) is 4.79 Å². The molecule has 0 aliphatic heterocycles. The van der Waals surface area contributed by atoms with Gasteiger partial charge in [-0.05, 0) is 61.9 Å². The van der Waals surface area contributed by atoms with E-state index in [9.17, 15) is 14.7 Å². The molecular weight excluding hydrogens is 421 g/mol. The molecule has 0 unspecified atom stereocenters. The number of carbonyl (C=O) groups excluding carboxylic acids is 1. The van der Waals surface area contributed by atoms with Crippen LogP contribution in [0, 0.1) is 3.57 Å². The first-order valence-corrected chi connectivity index (χ1v) is 8.08. The molecule has 0 saturated heterocycles. The minimum Gasteiger partial charge on any atom is -0.481 e. The molecule has 5 nitrogen and oxygen atoms in total. The van der Waals surface area contributed by atoms with Crippen molar-refractivity contribution in [3.63, 3.8) is 0 Å². The van der Waals surface area contributed by atoms with E-state index in [-0.39, 0.29) is 6.42 Å². The number of hydrogen-bond donors (Lipinski definition) is 2. The number of nitrogens with one attached hydrogen (secondary N) is 1. The molecule has 0 aliphatic carbocycles. The second kappa shape index (κ2) is 7.04. The molecule has 122 valence electrons. The summed E-state index contributed by atoms with van der Waals surface area (Å²) < 4.78 is 6.00. The van der Waals surface area contributed by atoms with E-state index in [1.165, 1.54) is 0 Å². The molecule has 1 atom stereocenters. The molecule has 0 spiro atoms. The number of alkyl carbamates (subject to hydrolysis) is 1. The Balaban J connectivity index is 3.18. The predicted molar refractivity (Wildman–Crippen MR) is 93.1 cm³/mol. The summed E-state index contributed by atoms with van der Waals surface area (Å²) in [6.07, 6.45) is -1.00. The molecule has 0 heterocycles. The van der Waals surface area contributed by atoms with Crippen molar-refractivity contribution >= 4 is 46.3 Å². The van der Waals surface area contributed by atoms with E-state index >= 15 is 0 Å². The van der Waals surface area contributed by atoms with Gasteiger partial charge in [-0.25, -0.2) is 4.79 Å². The summed E-state index contributed by atoms with van der Waals surface area (Å²) in [7, 11) is 0. The van der Waals surface area contributed by atoms with Crippen LogP contribution in [0.2, 0.25) is 5.02 Å². The third-order valence-corrected chi connectivity index (χ3v) is 4.45. The summed E-state index contributed by atoms with van der Waals surface area (Å²) in [5.41, 5.74) is -1.32. The molecular formula is C15H19ClINO4. The van der Waals surface area contributed by atoms with Crippen molar-refractivity contribution in [1.82, 2.24) is 5.32 Å². The fraction of sp³-hybridized carbons (Fsp3) is 0.467. The number of benzene rings is 1. The lowest BCUT2D eigenvalue weighted by Crippen LogP contribution is -2.47. The van der Waals surface area contributed by atoms with Gasteiger partial charge in [0.05, 0.1) is 17.0 Å². The standard InChI is InChI=1S/C15H19ClINO4/c1-14(2,3)22-13(21)18-15(4,8-11(19)20)9-6-5-7-10(17)12(9)16/h5-7H,8H2,1-4H3,(H,18,21)(H,19,20)/t15-/m0/s1. The number of halogens is 2. The topological polar surface area (TPSA) is 75.6 Å². The third kappa shape index (κ3) is 5.31. The lowest BCUT2D eigenvalue weighted by Gasteiger charge is -2.32. The normalized spacial score (nSPS) is 14.1.